The summed E-state index contributed by atoms with van der Waals surface area (Å²) in [6.45, 7) is 3.15. The molecule has 0 spiro atoms. The molecule has 8 N–H and O–H groups in total. The van der Waals surface area contributed by atoms with E-state index in [1.807, 2.05) is 11.8 Å². The van der Waals surface area contributed by atoms with Crippen LogP contribution in [-0.2, 0) is 19.0 Å². The minimum Gasteiger partial charge on any atom is -0.387 e. The number of aliphatic hydroxyl groups excluding tert-OH is 2. The molecule has 1 aliphatic rings. The first kappa shape index (κ1) is 27.5. The van der Waals surface area contributed by atoms with Gasteiger partial charge in [0, 0.05) is 36.2 Å². The molecular weight excluding hydrogens is 412 g/mol. The van der Waals surface area contributed by atoms with Gasteiger partial charge in [-0.2, -0.15) is 11.8 Å². The third-order valence-corrected chi connectivity index (χ3v) is 6.28. The molecule has 4 atom stereocenters. The first-order valence-corrected chi connectivity index (χ1v) is 11.7. The highest BCUT2D eigenvalue weighted by Gasteiger charge is 2.30. The van der Waals surface area contributed by atoms with E-state index in [1.54, 1.807) is 0 Å². The van der Waals surface area contributed by atoms with E-state index < -0.39 is 18.7 Å². The summed E-state index contributed by atoms with van der Waals surface area (Å²) in [7, 11) is 0. The fourth-order valence-corrected chi connectivity index (χ4v) is 4.40. The second-order valence-corrected chi connectivity index (χ2v) is 8.48. The lowest BCUT2D eigenvalue weighted by molar-refractivity contribution is -0.124. The molecule has 0 aromatic carbocycles. The Kier molecular flexibility index (Phi) is 16.6. The van der Waals surface area contributed by atoms with Crippen molar-refractivity contribution in [1.29, 1.82) is 0 Å². The maximum absolute atomic E-state index is 10.8. The van der Waals surface area contributed by atoms with Crippen LogP contribution in [0.3, 0.4) is 0 Å². The lowest BCUT2D eigenvalue weighted by Crippen LogP contribution is -2.43. The van der Waals surface area contributed by atoms with Crippen molar-refractivity contribution >= 4 is 17.7 Å². The third kappa shape index (κ3) is 13.7. The van der Waals surface area contributed by atoms with Crippen molar-refractivity contribution in [3.05, 3.63) is 0 Å². The van der Waals surface area contributed by atoms with Crippen LogP contribution in [0.4, 0.5) is 0 Å². The highest BCUT2D eigenvalue weighted by molar-refractivity contribution is 8.00. The summed E-state index contributed by atoms with van der Waals surface area (Å²) in [5.74, 6) is 0.533. The van der Waals surface area contributed by atoms with Crippen molar-refractivity contribution in [3.63, 3.8) is 0 Å². The summed E-state index contributed by atoms with van der Waals surface area (Å²) < 4.78 is 16.1. The third-order valence-electron chi connectivity index (χ3n) is 4.73. The van der Waals surface area contributed by atoms with Crippen LogP contribution in [0.1, 0.15) is 25.7 Å². The summed E-state index contributed by atoms with van der Waals surface area (Å²) in [6, 6.07) is 0.211. The predicted molar refractivity (Wildman–Crippen MR) is 117 cm³/mol. The molecule has 0 saturated carbocycles. The molecule has 0 bridgehead atoms. The van der Waals surface area contributed by atoms with Gasteiger partial charge in [-0.3, -0.25) is 10.1 Å². The number of carbonyl (C=O) groups excluding carboxylic acids is 1. The molecule has 178 valence electrons. The van der Waals surface area contributed by atoms with Crippen molar-refractivity contribution in [2.45, 2.75) is 49.2 Å². The molecule has 1 aliphatic heterocycles. The smallest absolute Gasteiger partial charge is 0.245 e. The number of carbonyl (C=O) groups is 1. The van der Waals surface area contributed by atoms with Crippen LogP contribution in [0.15, 0.2) is 0 Å². The summed E-state index contributed by atoms with van der Waals surface area (Å²) in [6.07, 6.45) is 3.26. The van der Waals surface area contributed by atoms with Gasteiger partial charge in [0.1, 0.15) is 12.8 Å². The van der Waals surface area contributed by atoms with Crippen LogP contribution in [0, 0.1) is 0 Å². The Morgan fingerprint density at radius 3 is 2.27 bits per heavy atom. The van der Waals surface area contributed by atoms with Crippen LogP contribution >= 0.6 is 11.8 Å². The summed E-state index contributed by atoms with van der Waals surface area (Å²) in [5, 5.41) is 24.5. The number of ether oxygens (including phenoxy) is 3. The molecule has 10 nitrogen and oxygen atoms in total. The Labute approximate surface area is 183 Å². The Morgan fingerprint density at radius 1 is 1.03 bits per heavy atom. The topological polar surface area (TPSA) is 161 Å². The van der Waals surface area contributed by atoms with Gasteiger partial charge in [-0.05, 0) is 19.3 Å². The number of nitrogens with one attached hydrogen (secondary N) is 2. The number of aliphatic hydroxyl groups is 2. The van der Waals surface area contributed by atoms with Crippen LogP contribution < -0.4 is 22.1 Å². The maximum atomic E-state index is 10.8. The van der Waals surface area contributed by atoms with Gasteiger partial charge < -0.3 is 41.2 Å². The van der Waals surface area contributed by atoms with Gasteiger partial charge in [0.25, 0.3) is 0 Å². The fraction of sp³-hybridized carbons (Fsp3) is 0.947. The molecule has 1 heterocycles. The van der Waals surface area contributed by atoms with E-state index >= 15 is 0 Å². The summed E-state index contributed by atoms with van der Waals surface area (Å²) in [5.41, 5.74) is 12.0. The number of hydrogen-bond donors (Lipinski definition) is 6. The predicted octanol–water partition coefficient (Wildman–Crippen LogP) is -1.62. The molecule has 0 aromatic heterocycles. The maximum Gasteiger partial charge on any atom is 0.245 e. The molecule has 1 fully saturated rings. The number of rotatable bonds is 19. The van der Waals surface area contributed by atoms with E-state index in [2.05, 4.69) is 10.6 Å². The zero-order chi connectivity index (χ0) is 22.0. The number of hydrogen-bond acceptors (Lipinski definition) is 10. The molecule has 0 aromatic rings. The molecule has 4 unspecified atom stereocenters. The molecule has 30 heavy (non-hydrogen) atoms. The van der Waals surface area contributed by atoms with Crippen molar-refractivity contribution in [2.24, 2.45) is 11.5 Å². The van der Waals surface area contributed by atoms with E-state index in [0.717, 1.165) is 25.0 Å². The van der Waals surface area contributed by atoms with E-state index in [0.29, 0.717) is 64.4 Å². The summed E-state index contributed by atoms with van der Waals surface area (Å²) in [4.78, 5) is 10.8. The first-order valence-electron chi connectivity index (χ1n) is 10.7. The standard InChI is InChI=1S/C19H40N4O6S/c20-15-14-30-16(19(15)21)3-1-2-4-17(25)22-5-7-27-9-11-29-12-10-28-8-6-23-18(26)13-24/h15-17,19,22,24-25H,1-14,20-21H2,(H,23,26). The van der Waals surface area contributed by atoms with E-state index in [9.17, 15) is 9.90 Å². The lowest BCUT2D eigenvalue weighted by atomic mass is 10.0. The van der Waals surface area contributed by atoms with E-state index in [4.69, 9.17) is 30.8 Å². The largest absolute Gasteiger partial charge is 0.387 e. The van der Waals surface area contributed by atoms with Gasteiger partial charge >= 0.3 is 0 Å². The average molecular weight is 453 g/mol. The Morgan fingerprint density at radius 2 is 1.67 bits per heavy atom. The Balaban J connectivity index is 1.77. The highest BCUT2D eigenvalue weighted by Crippen LogP contribution is 2.29. The van der Waals surface area contributed by atoms with Gasteiger partial charge in [0.05, 0.1) is 39.6 Å². The number of nitrogens with two attached hydrogens (primary N) is 2. The molecule has 1 rings (SSSR count). The number of thioether (sulfide) groups is 1. The minimum atomic E-state index is -0.517. The SMILES string of the molecule is NC1CSC(CCCCC(O)NCCOCCOCCOCCNC(=O)CO)C1N. The van der Waals surface area contributed by atoms with Crippen molar-refractivity contribution in [3.8, 4) is 0 Å². The van der Waals surface area contributed by atoms with Crippen molar-refractivity contribution in [2.75, 3.05) is 65.1 Å². The van der Waals surface area contributed by atoms with Gasteiger partial charge in [0.2, 0.25) is 5.91 Å². The summed E-state index contributed by atoms with van der Waals surface area (Å²) >= 11 is 1.87. The van der Waals surface area contributed by atoms with Gasteiger partial charge in [-0.15, -0.1) is 0 Å². The van der Waals surface area contributed by atoms with Gasteiger partial charge in [0.15, 0.2) is 0 Å². The zero-order valence-corrected chi connectivity index (χ0v) is 18.6. The van der Waals surface area contributed by atoms with Crippen LogP contribution in [0.2, 0.25) is 0 Å². The lowest BCUT2D eigenvalue weighted by Gasteiger charge is -2.17. The molecule has 11 heteroatoms. The molecule has 0 radical (unpaired) electrons. The fourth-order valence-electron chi connectivity index (χ4n) is 2.95. The monoisotopic (exact) mass is 452 g/mol. The van der Waals surface area contributed by atoms with Crippen molar-refractivity contribution in [1.82, 2.24) is 10.6 Å². The highest BCUT2D eigenvalue weighted by atomic mass is 32.2. The molecular formula is C19H40N4O6S. The average Bonchev–Trinajstić information content (AvgIpc) is 3.06. The minimum absolute atomic E-state index is 0.0957. The first-order chi connectivity index (χ1) is 14.5. The van der Waals surface area contributed by atoms with Crippen LogP contribution in [0.5, 0.6) is 0 Å². The molecule has 0 aliphatic carbocycles. The molecule has 1 saturated heterocycles. The zero-order valence-electron chi connectivity index (χ0n) is 17.8. The second kappa shape index (κ2) is 18.1. The molecule has 1 amide bonds. The second-order valence-electron chi connectivity index (χ2n) is 7.21. The van der Waals surface area contributed by atoms with Crippen LogP contribution in [-0.4, -0.2) is 105 Å². The normalized spacial score (nSPS) is 22.3. The van der Waals surface area contributed by atoms with Gasteiger partial charge in [-0.25, -0.2) is 0 Å². The number of unbranched alkanes of at least 4 members (excludes halogenated alkanes) is 1. The Bertz CT molecular complexity index is 438. The van der Waals surface area contributed by atoms with Gasteiger partial charge in [-0.1, -0.05) is 6.42 Å². The van der Waals surface area contributed by atoms with Crippen molar-refractivity contribution < 1.29 is 29.2 Å². The van der Waals surface area contributed by atoms with Crippen LogP contribution in [0.25, 0.3) is 0 Å². The quantitative estimate of drug-likeness (QED) is 0.0992. The number of amides is 1. The van der Waals surface area contributed by atoms with E-state index in [1.165, 1.54) is 0 Å². The van der Waals surface area contributed by atoms with E-state index in [-0.39, 0.29) is 12.1 Å². The Hall–Kier alpha value is -0.500.